The first-order valence-corrected chi connectivity index (χ1v) is 8.59. The Morgan fingerprint density at radius 3 is 2.52 bits per heavy atom. The molecule has 2 aromatic carbocycles. The van der Waals surface area contributed by atoms with Gasteiger partial charge in [-0.25, -0.2) is 9.13 Å². The van der Waals surface area contributed by atoms with E-state index in [0.29, 0.717) is 0 Å². The standard InChI is InChI=1S/C19H23N6/c1-23-17-5-3-4-6-18(17)24(2)19(23)22-21-15-7-9-16(10-8-15)25-12-11-14(20)13-25/h3-10,14H,11-13,20H2,1-2H3/q+1. The van der Waals surface area contributed by atoms with Gasteiger partial charge in [-0.1, -0.05) is 17.2 Å². The maximum Gasteiger partial charge on any atom is 0.422 e. The molecular formula is C19H23N6+. The largest absolute Gasteiger partial charge is 0.422 e. The molecule has 4 rings (SSSR count). The molecule has 1 atom stereocenters. The van der Waals surface area contributed by atoms with Crippen molar-refractivity contribution in [2.75, 3.05) is 18.0 Å². The van der Waals surface area contributed by atoms with Crippen molar-refractivity contribution in [2.45, 2.75) is 12.5 Å². The summed E-state index contributed by atoms with van der Waals surface area (Å²) in [5.41, 5.74) is 10.3. The van der Waals surface area contributed by atoms with Crippen LogP contribution in [-0.4, -0.2) is 23.7 Å². The quantitative estimate of drug-likeness (QED) is 0.591. The van der Waals surface area contributed by atoms with Gasteiger partial charge >= 0.3 is 5.95 Å². The third-order valence-corrected chi connectivity index (χ3v) is 4.90. The molecule has 25 heavy (non-hydrogen) atoms. The van der Waals surface area contributed by atoms with Crippen LogP contribution in [0.5, 0.6) is 0 Å². The molecule has 6 heteroatoms. The van der Waals surface area contributed by atoms with Gasteiger partial charge in [-0.05, 0) is 42.8 Å². The zero-order valence-electron chi connectivity index (χ0n) is 14.6. The molecule has 1 fully saturated rings. The minimum Gasteiger partial charge on any atom is -0.370 e. The zero-order valence-corrected chi connectivity index (χ0v) is 14.6. The second-order valence-electron chi connectivity index (χ2n) is 6.62. The van der Waals surface area contributed by atoms with Gasteiger partial charge < -0.3 is 10.6 Å². The highest BCUT2D eigenvalue weighted by molar-refractivity contribution is 5.73. The summed E-state index contributed by atoms with van der Waals surface area (Å²) in [6, 6.07) is 16.7. The fraction of sp³-hybridized carbons (Fsp3) is 0.316. The summed E-state index contributed by atoms with van der Waals surface area (Å²) in [6.45, 7) is 1.94. The van der Waals surface area contributed by atoms with Gasteiger partial charge in [-0.2, -0.15) is 0 Å². The minimum absolute atomic E-state index is 0.283. The lowest BCUT2D eigenvalue weighted by atomic mass is 10.2. The Hall–Kier alpha value is -2.73. The Balaban J connectivity index is 1.58. The van der Waals surface area contributed by atoms with Crippen LogP contribution >= 0.6 is 0 Å². The van der Waals surface area contributed by atoms with E-state index in [9.17, 15) is 0 Å². The van der Waals surface area contributed by atoms with Crippen LogP contribution in [0.3, 0.4) is 0 Å². The van der Waals surface area contributed by atoms with Crippen molar-refractivity contribution in [3.05, 3.63) is 48.5 Å². The third-order valence-electron chi connectivity index (χ3n) is 4.90. The van der Waals surface area contributed by atoms with Crippen molar-refractivity contribution in [3.63, 3.8) is 0 Å². The summed E-state index contributed by atoms with van der Waals surface area (Å²) in [5.74, 6) is 0.816. The molecule has 2 heterocycles. The van der Waals surface area contributed by atoms with Crippen LogP contribution in [0.25, 0.3) is 11.0 Å². The zero-order chi connectivity index (χ0) is 17.4. The Labute approximate surface area is 147 Å². The van der Waals surface area contributed by atoms with E-state index in [4.69, 9.17) is 5.73 Å². The van der Waals surface area contributed by atoms with Crippen molar-refractivity contribution in [1.29, 1.82) is 0 Å². The summed E-state index contributed by atoms with van der Waals surface area (Å²) in [4.78, 5) is 2.31. The normalized spacial score (nSPS) is 17.9. The molecule has 6 nitrogen and oxygen atoms in total. The second kappa shape index (κ2) is 6.29. The summed E-state index contributed by atoms with van der Waals surface area (Å²) >= 11 is 0. The highest BCUT2D eigenvalue weighted by Crippen LogP contribution is 2.25. The molecule has 1 saturated heterocycles. The Bertz CT molecular complexity index is 886. The van der Waals surface area contributed by atoms with E-state index in [1.807, 2.05) is 38.4 Å². The molecule has 1 aliphatic heterocycles. The number of anilines is 1. The summed E-state index contributed by atoms with van der Waals surface area (Å²) in [5, 5.41) is 8.89. The van der Waals surface area contributed by atoms with E-state index in [2.05, 4.69) is 48.5 Å². The van der Waals surface area contributed by atoms with Gasteiger partial charge in [-0.15, -0.1) is 0 Å². The van der Waals surface area contributed by atoms with Crippen LogP contribution in [0.2, 0.25) is 0 Å². The van der Waals surface area contributed by atoms with E-state index >= 15 is 0 Å². The molecule has 1 aliphatic rings. The molecule has 0 amide bonds. The molecule has 1 aromatic heterocycles. The average Bonchev–Trinajstić information content (AvgIpc) is 3.17. The summed E-state index contributed by atoms with van der Waals surface area (Å²) in [6.07, 6.45) is 1.05. The number of nitrogens with zero attached hydrogens (tertiary/aromatic N) is 5. The SMILES string of the molecule is Cn1c(N=Nc2ccc(N3CCC(N)C3)cc2)[n+](C)c2ccccc21. The van der Waals surface area contributed by atoms with Crippen molar-refractivity contribution in [1.82, 2.24) is 4.57 Å². The van der Waals surface area contributed by atoms with Crippen molar-refractivity contribution >= 4 is 28.4 Å². The molecule has 0 bridgehead atoms. The number of aryl methyl sites for hydroxylation is 2. The van der Waals surface area contributed by atoms with E-state index in [-0.39, 0.29) is 6.04 Å². The summed E-state index contributed by atoms with van der Waals surface area (Å²) < 4.78 is 4.11. The highest BCUT2D eigenvalue weighted by atomic mass is 15.3. The number of fused-ring (bicyclic) bond motifs is 1. The number of benzene rings is 2. The summed E-state index contributed by atoms with van der Waals surface area (Å²) in [7, 11) is 4.02. The van der Waals surface area contributed by atoms with Crippen LogP contribution in [0.4, 0.5) is 17.3 Å². The maximum atomic E-state index is 5.98. The van der Waals surface area contributed by atoms with Gasteiger partial charge in [0.05, 0.1) is 14.1 Å². The molecule has 1 unspecified atom stereocenters. The van der Waals surface area contributed by atoms with Gasteiger partial charge in [0.1, 0.15) is 16.7 Å². The van der Waals surface area contributed by atoms with Crippen LogP contribution in [0.1, 0.15) is 6.42 Å². The Morgan fingerprint density at radius 2 is 1.84 bits per heavy atom. The topological polar surface area (TPSA) is 62.8 Å². The lowest BCUT2D eigenvalue weighted by Crippen LogP contribution is -2.26. The van der Waals surface area contributed by atoms with Gasteiger partial charge in [0, 0.05) is 29.9 Å². The molecule has 0 spiro atoms. The van der Waals surface area contributed by atoms with E-state index in [1.54, 1.807) is 0 Å². The number of azo groups is 1. The number of hydrogen-bond donors (Lipinski definition) is 1. The number of rotatable bonds is 3. The number of nitrogens with two attached hydrogens (primary N) is 1. The predicted molar refractivity (Wildman–Crippen MR) is 99.5 cm³/mol. The van der Waals surface area contributed by atoms with Crippen molar-refractivity contribution in [2.24, 2.45) is 30.1 Å². The van der Waals surface area contributed by atoms with E-state index < -0.39 is 0 Å². The van der Waals surface area contributed by atoms with Gasteiger partial charge in [0.2, 0.25) is 0 Å². The number of para-hydroxylation sites is 2. The lowest BCUT2D eigenvalue weighted by molar-refractivity contribution is -0.632. The smallest absolute Gasteiger partial charge is 0.370 e. The van der Waals surface area contributed by atoms with Crippen LogP contribution < -0.4 is 15.2 Å². The Kier molecular flexibility index (Phi) is 3.97. The molecule has 2 N–H and O–H groups in total. The highest BCUT2D eigenvalue weighted by Gasteiger charge is 2.20. The molecular weight excluding hydrogens is 312 g/mol. The lowest BCUT2D eigenvalue weighted by Gasteiger charge is -2.17. The first-order chi connectivity index (χ1) is 12.1. The predicted octanol–water partition coefficient (Wildman–Crippen LogP) is 2.96. The fourth-order valence-corrected chi connectivity index (χ4v) is 3.46. The van der Waals surface area contributed by atoms with Gasteiger partial charge in [-0.3, -0.25) is 0 Å². The number of hydrogen-bond acceptors (Lipinski definition) is 4. The second-order valence-corrected chi connectivity index (χ2v) is 6.62. The van der Waals surface area contributed by atoms with Crippen molar-refractivity contribution in [3.8, 4) is 0 Å². The first kappa shape index (κ1) is 15.8. The monoisotopic (exact) mass is 335 g/mol. The van der Waals surface area contributed by atoms with E-state index in [0.717, 1.165) is 42.2 Å². The number of imidazole rings is 1. The number of aromatic nitrogens is 2. The average molecular weight is 335 g/mol. The molecule has 0 radical (unpaired) electrons. The maximum absolute atomic E-state index is 5.98. The molecule has 0 saturated carbocycles. The molecule has 3 aromatic rings. The van der Waals surface area contributed by atoms with Crippen LogP contribution in [0, 0.1) is 0 Å². The first-order valence-electron chi connectivity index (χ1n) is 8.59. The molecule has 0 aliphatic carbocycles. The van der Waals surface area contributed by atoms with Crippen LogP contribution in [-0.2, 0) is 14.1 Å². The Morgan fingerprint density at radius 1 is 1.08 bits per heavy atom. The third kappa shape index (κ3) is 2.89. The van der Waals surface area contributed by atoms with Gasteiger partial charge in [0.15, 0.2) is 0 Å². The van der Waals surface area contributed by atoms with Crippen LogP contribution in [0.15, 0.2) is 58.8 Å². The van der Waals surface area contributed by atoms with Gasteiger partial charge in [0.25, 0.3) is 0 Å². The molecule has 128 valence electrons. The van der Waals surface area contributed by atoms with Crippen molar-refractivity contribution < 1.29 is 4.57 Å². The fourth-order valence-electron chi connectivity index (χ4n) is 3.46. The minimum atomic E-state index is 0.283. The van der Waals surface area contributed by atoms with E-state index in [1.165, 1.54) is 5.69 Å².